The Morgan fingerprint density at radius 2 is 1.51 bits per heavy atom. The van der Waals surface area contributed by atoms with E-state index in [1.54, 1.807) is 0 Å². The monoisotopic (exact) mass is 659 g/mol. The first-order chi connectivity index (χ1) is 21.0. The second-order valence-electron chi connectivity index (χ2n) is 11.2. The van der Waals surface area contributed by atoms with Crippen molar-refractivity contribution in [2.45, 2.75) is 64.4 Å². The molecule has 222 valence electrons. The number of halogens is 2. The highest BCUT2D eigenvalue weighted by Crippen LogP contribution is 2.51. The van der Waals surface area contributed by atoms with Gasteiger partial charge in [-0.3, -0.25) is 9.59 Å². The molecule has 3 aromatic carbocycles. The number of nitrogens with zero attached hydrogens (tertiary/aromatic N) is 1. The smallest absolute Gasteiger partial charge is 0.180 e. The number of ketones is 2. The van der Waals surface area contributed by atoms with Gasteiger partial charge in [0, 0.05) is 57.9 Å². The van der Waals surface area contributed by atoms with Gasteiger partial charge in [0.2, 0.25) is 0 Å². The van der Waals surface area contributed by atoms with Gasteiger partial charge >= 0.3 is 0 Å². The number of carbonyl (C=O) groups is 2. The van der Waals surface area contributed by atoms with Gasteiger partial charge in [-0.2, -0.15) is 0 Å². The lowest BCUT2D eigenvalue weighted by Gasteiger charge is -2.44. The van der Waals surface area contributed by atoms with Gasteiger partial charge in [0.25, 0.3) is 0 Å². The lowest BCUT2D eigenvalue weighted by atomic mass is 9.71. The third-order valence-corrected chi connectivity index (χ3v) is 9.60. The van der Waals surface area contributed by atoms with Gasteiger partial charge in [0.15, 0.2) is 23.1 Å². The lowest BCUT2D eigenvalue weighted by Crippen LogP contribution is -2.40. The van der Waals surface area contributed by atoms with E-state index in [0.29, 0.717) is 42.6 Å². The molecule has 1 aliphatic heterocycles. The van der Waals surface area contributed by atoms with Crippen LogP contribution in [-0.4, -0.2) is 29.6 Å². The Balaban J connectivity index is 1.42. The number of benzene rings is 3. The Labute approximate surface area is 266 Å². The SMILES string of the molecule is CCOc1cc(C2C3=C(CCCC3=O)N(CCc3ccccc3)C3=C2C(=O)CCC3)cc(Cl)c1OCc1ccccc1Br. The van der Waals surface area contributed by atoms with Crippen LogP contribution in [0.1, 0.15) is 68.1 Å². The summed E-state index contributed by atoms with van der Waals surface area (Å²) >= 11 is 10.5. The zero-order chi connectivity index (χ0) is 29.9. The molecule has 3 aromatic rings. The summed E-state index contributed by atoms with van der Waals surface area (Å²) in [7, 11) is 0. The van der Waals surface area contributed by atoms with Crippen molar-refractivity contribution in [3.05, 3.63) is 115 Å². The molecule has 0 unspecified atom stereocenters. The van der Waals surface area contributed by atoms with Crippen LogP contribution in [0.2, 0.25) is 5.02 Å². The fraction of sp³-hybridized carbons (Fsp3) is 0.333. The molecule has 1 heterocycles. The lowest BCUT2D eigenvalue weighted by molar-refractivity contribution is -0.117. The highest BCUT2D eigenvalue weighted by Gasteiger charge is 2.43. The molecular formula is C36H35BrClNO4. The molecule has 0 fully saturated rings. The normalized spacial score (nSPS) is 17.2. The predicted molar refractivity (Wildman–Crippen MR) is 172 cm³/mol. The largest absolute Gasteiger partial charge is 0.490 e. The third kappa shape index (κ3) is 6.05. The number of rotatable bonds is 9. The van der Waals surface area contributed by atoms with Crippen molar-refractivity contribution < 1.29 is 19.1 Å². The fourth-order valence-corrected chi connectivity index (χ4v) is 7.30. The summed E-state index contributed by atoms with van der Waals surface area (Å²) in [5.41, 5.74) is 6.64. The van der Waals surface area contributed by atoms with Crippen LogP contribution in [0.25, 0.3) is 0 Å². The molecule has 2 aliphatic carbocycles. The van der Waals surface area contributed by atoms with E-state index in [-0.39, 0.29) is 11.6 Å². The van der Waals surface area contributed by atoms with Crippen LogP contribution < -0.4 is 9.47 Å². The highest BCUT2D eigenvalue weighted by atomic mass is 79.9. The number of hydrogen-bond donors (Lipinski definition) is 0. The van der Waals surface area contributed by atoms with Gasteiger partial charge in [-0.15, -0.1) is 0 Å². The maximum Gasteiger partial charge on any atom is 0.180 e. The molecule has 43 heavy (non-hydrogen) atoms. The number of Topliss-reactive ketones (excluding diaryl/α,β-unsaturated/α-hetero) is 2. The Morgan fingerprint density at radius 1 is 0.860 bits per heavy atom. The van der Waals surface area contributed by atoms with Crippen LogP contribution in [0.4, 0.5) is 0 Å². The highest BCUT2D eigenvalue weighted by molar-refractivity contribution is 9.10. The van der Waals surface area contributed by atoms with E-state index in [2.05, 4.69) is 45.1 Å². The molecule has 0 radical (unpaired) electrons. The van der Waals surface area contributed by atoms with E-state index in [1.165, 1.54) is 5.56 Å². The van der Waals surface area contributed by atoms with E-state index in [0.717, 1.165) is 76.8 Å². The molecule has 0 spiro atoms. The topological polar surface area (TPSA) is 55.8 Å². The van der Waals surface area contributed by atoms with Crippen molar-refractivity contribution in [1.82, 2.24) is 4.90 Å². The second-order valence-corrected chi connectivity index (χ2v) is 12.5. The molecular weight excluding hydrogens is 626 g/mol. The number of ether oxygens (including phenoxy) is 2. The quantitative estimate of drug-likeness (QED) is 0.230. The average molecular weight is 661 g/mol. The molecule has 0 N–H and O–H groups in total. The van der Waals surface area contributed by atoms with Crippen molar-refractivity contribution in [1.29, 1.82) is 0 Å². The molecule has 0 bridgehead atoms. The second kappa shape index (κ2) is 13.1. The third-order valence-electron chi connectivity index (χ3n) is 8.55. The van der Waals surface area contributed by atoms with Crippen molar-refractivity contribution in [2.24, 2.45) is 0 Å². The van der Waals surface area contributed by atoms with Crippen LogP contribution in [-0.2, 0) is 22.6 Å². The van der Waals surface area contributed by atoms with Crippen molar-refractivity contribution >= 4 is 39.1 Å². The van der Waals surface area contributed by atoms with Gasteiger partial charge in [-0.25, -0.2) is 0 Å². The van der Waals surface area contributed by atoms with Gasteiger partial charge in [0.05, 0.1) is 11.6 Å². The molecule has 0 saturated heterocycles. The summed E-state index contributed by atoms with van der Waals surface area (Å²) in [4.78, 5) is 29.8. The van der Waals surface area contributed by atoms with Gasteiger partial charge in [-0.1, -0.05) is 76.1 Å². The minimum atomic E-state index is -0.465. The van der Waals surface area contributed by atoms with E-state index < -0.39 is 5.92 Å². The van der Waals surface area contributed by atoms with E-state index in [4.69, 9.17) is 21.1 Å². The molecule has 6 rings (SSSR count). The van der Waals surface area contributed by atoms with Gasteiger partial charge < -0.3 is 14.4 Å². The van der Waals surface area contributed by atoms with Crippen LogP contribution >= 0.6 is 27.5 Å². The summed E-state index contributed by atoms with van der Waals surface area (Å²) in [6, 6.07) is 22.1. The molecule has 5 nitrogen and oxygen atoms in total. The molecule has 0 atom stereocenters. The Hall–Kier alpha value is -3.35. The number of carbonyl (C=O) groups excluding carboxylic acids is 2. The zero-order valence-electron chi connectivity index (χ0n) is 24.3. The average Bonchev–Trinajstić information content (AvgIpc) is 3.01. The first-order valence-electron chi connectivity index (χ1n) is 15.1. The fourth-order valence-electron chi connectivity index (χ4n) is 6.63. The minimum absolute atomic E-state index is 0.115. The van der Waals surface area contributed by atoms with E-state index in [1.807, 2.05) is 49.4 Å². The van der Waals surface area contributed by atoms with Gasteiger partial charge in [0.1, 0.15) is 6.61 Å². The predicted octanol–water partition coefficient (Wildman–Crippen LogP) is 8.74. The summed E-state index contributed by atoms with van der Waals surface area (Å²) < 4.78 is 13.2. The molecule has 0 amide bonds. The van der Waals surface area contributed by atoms with Crippen molar-refractivity contribution in [2.75, 3.05) is 13.2 Å². The molecule has 0 aromatic heterocycles. The molecule has 3 aliphatic rings. The van der Waals surface area contributed by atoms with E-state index >= 15 is 0 Å². The number of hydrogen-bond acceptors (Lipinski definition) is 5. The van der Waals surface area contributed by atoms with Crippen LogP contribution in [0.3, 0.4) is 0 Å². The maximum atomic E-state index is 13.8. The van der Waals surface area contributed by atoms with Crippen molar-refractivity contribution in [3.63, 3.8) is 0 Å². The summed E-state index contributed by atoms with van der Waals surface area (Å²) in [5.74, 6) is 0.733. The van der Waals surface area contributed by atoms with Crippen molar-refractivity contribution in [3.8, 4) is 11.5 Å². The van der Waals surface area contributed by atoms with Crippen LogP contribution in [0.5, 0.6) is 11.5 Å². The standard InChI is InChI=1S/C36H35BrClNO4/c1-2-42-32-21-25(20-27(38)36(32)43-22-24-12-6-7-13-26(24)37)33-34-28(14-8-16-30(34)40)39(19-18-23-10-4-3-5-11-23)29-15-9-17-31(41)35(29)33/h3-7,10-13,20-21,33H,2,8-9,14-19,22H2,1H3. The summed E-state index contributed by atoms with van der Waals surface area (Å²) in [6.45, 7) is 3.38. The molecule has 7 heteroatoms. The molecule has 0 saturated carbocycles. The maximum absolute atomic E-state index is 13.8. The van der Waals surface area contributed by atoms with Crippen LogP contribution in [0, 0.1) is 0 Å². The summed E-state index contributed by atoms with van der Waals surface area (Å²) in [5, 5.41) is 0.398. The Bertz CT molecular complexity index is 1570. The first kappa shape index (κ1) is 29.7. The Kier molecular flexibility index (Phi) is 9.06. The van der Waals surface area contributed by atoms with Gasteiger partial charge in [-0.05, 0) is 68.4 Å². The first-order valence-corrected chi connectivity index (χ1v) is 16.3. The zero-order valence-corrected chi connectivity index (χ0v) is 26.7. The minimum Gasteiger partial charge on any atom is -0.490 e. The summed E-state index contributed by atoms with van der Waals surface area (Å²) in [6.07, 6.45) is 5.07. The number of allylic oxidation sites excluding steroid dienone is 4. The Morgan fingerprint density at radius 3 is 2.16 bits per heavy atom. The van der Waals surface area contributed by atoms with E-state index in [9.17, 15) is 9.59 Å². The van der Waals surface area contributed by atoms with Crippen LogP contribution in [0.15, 0.2) is 93.7 Å².